The van der Waals surface area contributed by atoms with Crippen LogP contribution in [-0.2, 0) is 17.1 Å². The van der Waals surface area contributed by atoms with Crippen molar-refractivity contribution in [2.24, 2.45) is 0 Å². The van der Waals surface area contributed by atoms with E-state index in [1.807, 2.05) is 38.1 Å². The Morgan fingerprint density at radius 1 is 1.28 bits per heavy atom. The number of rotatable bonds is 8. The van der Waals surface area contributed by atoms with E-state index in [1.165, 1.54) is 11.8 Å². The molecule has 0 N–H and O–H groups in total. The van der Waals surface area contributed by atoms with E-state index in [-0.39, 0.29) is 5.91 Å². The van der Waals surface area contributed by atoms with Crippen LogP contribution in [0.2, 0.25) is 0 Å². The third-order valence-corrected chi connectivity index (χ3v) is 4.40. The van der Waals surface area contributed by atoms with E-state index >= 15 is 0 Å². The summed E-state index contributed by atoms with van der Waals surface area (Å²) in [6, 6.07) is 5.42. The number of ether oxygens (including phenoxy) is 1. The minimum Gasteiger partial charge on any atom is -0.455 e. The number of furan rings is 1. The SMILES string of the molecule is CCN(C)C(=O)c1ccc(CSc2nc(COC)cc(N(C)C)n2)o1. The largest absolute Gasteiger partial charge is 0.455 e. The lowest BCUT2D eigenvalue weighted by Gasteiger charge is -2.13. The fourth-order valence-electron chi connectivity index (χ4n) is 2.01. The smallest absolute Gasteiger partial charge is 0.289 e. The zero-order chi connectivity index (χ0) is 18.4. The average Bonchev–Trinajstić information content (AvgIpc) is 3.07. The van der Waals surface area contributed by atoms with E-state index in [1.54, 1.807) is 25.1 Å². The predicted molar refractivity (Wildman–Crippen MR) is 98.0 cm³/mol. The maximum Gasteiger partial charge on any atom is 0.289 e. The zero-order valence-electron chi connectivity index (χ0n) is 15.3. The van der Waals surface area contributed by atoms with Crippen LogP contribution in [-0.4, -0.2) is 55.6 Å². The van der Waals surface area contributed by atoms with E-state index in [9.17, 15) is 4.79 Å². The monoisotopic (exact) mass is 364 g/mol. The molecular formula is C17H24N4O3S. The Labute approximate surface area is 152 Å². The van der Waals surface area contributed by atoms with Gasteiger partial charge in [0.15, 0.2) is 10.9 Å². The summed E-state index contributed by atoms with van der Waals surface area (Å²) in [5.74, 6) is 2.32. The first-order chi connectivity index (χ1) is 11.9. The van der Waals surface area contributed by atoms with E-state index in [0.29, 0.717) is 35.6 Å². The van der Waals surface area contributed by atoms with Gasteiger partial charge in [-0.1, -0.05) is 11.8 Å². The van der Waals surface area contributed by atoms with Crippen molar-refractivity contribution in [1.82, 2.24) is 14.9 Å². The van der Waals surface area contributed by atoms with Gasteiger partial charge < -0.3 is 19.0 Å². The standard InChI is InChI=1S/C17H24N4O3S/c1-6-21(4)16(22)14-8-7-13(24-14)11-25-17-18-12(10-23-5)9-15(19-17)20(2)3/h7-9H,6,10-11H2,1-5H3. The number of carbonyl (C=O) groups excluding carboxylic acids is 1. The molecule has 25 heavy (non-hydrogen) atoms. The molecule has 2 aromatic heterocycles. The van der Waals surface area contributed by atoms with Crippen LogP contribution in [0.15, 0.2) is 27.8 Å². The fraction of sp³-hybridized carbons (Fsp3) is 0.471. The van der Waals surface area contributed by atoms with Gasteiger partial charge in [0.25, 0.3) is 5.91 Å². The summed E-state index contributed by atoms with van der Waals surface area (Å²) in [4.78, 5) is 24.6. The van der Waals surface area contributed by atoms with Gasteiger partial charge in [-0.15, -0.1) is 0 Å². The van der Waals surface area contributed by atoms with Crippen molar-refractivity contribution in [1.29, 1.82) is 0 Å². The van der Waals surface area contributed by atoms with Gasteiger partial charge in [0, 0.05) is 40.9 Å². The molecule has 0 aliphatic heterocycles. The molecule has 1 amide bonds. The van der Waals surface area contributed by atoms with Crippen molar-refractivity contribution in [2.45, 2.75) is 24.4 Å². The van der Waals surface area contributed by atoms with Crippen LogP contribution in [0.25, 0.3) is 0 Å². The van der Waals surface area contributed by atoms with Crippen molar-refractivity contribution in [3.05, 3.63) is 35.4 Å². The number of carbonyl (C=O) groups is 1. The molecule has 0 spiro atoms. The van der Waals surface area contributed by atoms with Crippen LogP contribution in [0.1, 0.15) is 28.9 Å². The van der Waals surface area contributed by atoms with E-state index < -0.39 is 0 Å². The molecule has 2 rings (SSSR count). The van der Waals surface area contributed by atoms with Crippen LogP contribution >= 0.6 is 11.8 Å². The second-order valence-electron chi connectivity index (χ2n) is 5.70. The van der Waals surface area contributed by atoms with Gasteiger partial charge in [-0.2, -0.15) is 0 Å². The highest BCUT2D eigenvalue weighted by molar-refractivity contribution is 7.98. The minimum atomic E-state index is -0.119. The first kappa shape index (κ1) is 19.3. The number of hydrogen-bond acceptors (Lipinski definition) is 7. The molecule has 0 aliphatic rings. The Morgan fingerprint density at radius 2 is 2.04 bits per heavy atom. The van der Waals surface area contributed by atoms with Crippen LogP contribution in [0.3, 0.4) is 0 Å². The molecule has 0 saturated carbocycles. The third kappa shape index (κ3) is 5.20. The van der Waals surface area contributed by atoms with E-state index in [0.717, 1.165) is 11.5 Å². The molecule has 0 bridgehead atoms. The highest BCUT2D eigenvalue weighted by Crippen LogP contribution is 2.24. The summed E-state index contributed by atoms with van der Waals surface area (Å²) in [6.07, 6.45) is 0. The summed E-state index contributed by atoms with van der Waals surface area (Å²) < 4.78 is 10.8. The number of anilines is 1. The quantitative estimate of drug-likeness (QED) is 0.527. The maximum atomic E-state index is 12.1. The summed E-state index contributed by atoms with van der Waals surface area (Å²) in [5.41, 5.74) is 0.823. The topological polar surface area (TPSA) is 71.7 Å². The predicted octanol–water partition coefficient (Wildman–Crippen LogP) is 2.67. The summed E-state index contributed by atoms with van der Waals surface area (Å²) >= 11 is 1.46. The lowest BCUT2D eigenvalue weighted by Crippen LogP contribution is -2.25. The van der Waals surface area contributed by atoms with E-state index in [4.69, 9.17) is 9.15 Å². The van der Waals surface area contributed by atoms with E-state index in [2.05, 4.69) is 9.97 Å². The zero-order valence-corrected chi connectivity index (χ0v) is 16.1. The molecular weight excluding hydrogens is 340 g/mol. The second kappa shape index (κ2) is 8.87. The van der Waals surface area contributed by atoms with Crippen LogP contribution in [0.4, 0.5) is 5.82 Å². The molecule has 0 aromatic carbocycles. The number of hydrogen-bond donors (Lipinski definition) is 0. The van der Waals surface area contributed by atoms with Gasteiger partial charge in [0.1, 0.15) is 11.6 Å². The molecule has 0 unspecified atom stereocenters. The first-order valence-electron chi connectivity index (χ1n) is 7.95. The van der Waals surface area contributed by atoms with Crippen molar-refractivity contribution >= 4 is 23.5 Å². The Morgan fingerprint density at radius 3 is 2.68 bits per heavy atom. The molecule has 2 aromatic rings. The van der Waals surface area contributed by atoms with Gasteiger partial charge in [-0.3, -0.25) is 4.79 Å². The lowest BCUT2D eigenvalue weighted by atomic mass is 10.4. The van der Waals surface area contributed by atoms with Gasteiger partial charge in [-0.05, 0) is 19.1 Å². The van der Waals surface area contributed by atoms with Gasteiger partial charge in [0.2, 0.25) is 0 Å². The molecule has 136 valence electrons. The van der Waals surface area contributed by atoms with Crippen molar-refractivity contribution in [3.63, 3.8) is 0 Å². The molecule has 0 atom stereocenters. The van der Waals surface area contributed by atoms with Gasteiger partial charge in [-0.25, -0.2) is 9.97 Å². The summed E-state index contributed by atoms with van der Waals surface area (Å²) in [5, 5.41) is 0.646. The molecule has 8 heteroatoms. The van der Waals surface area contributed by atoms with Crippen LogP contribution in [0.5, 0.6) is 0 Å². The number of methoxy groups -OCH3 is 1. The number of aromatic nitrogens is 2. The van der Waals surface area contributed by atoms with Gasteiger partial charge >= 0.3 is 0 Å². The number of amides is 1. The third-order valence-electron chi connectivity index (χ3n) is 3.53. The Kier molecular flexibility index (Phi) is 6.83. The lowest BCUT2D eigenvalue weighted by molar-refractivity contribution is 0.0769. The maximum absolute atomic E-state index is 12.1. The van der Waals surface area contributed by atoms with Gasteiger partial charge in [0.05, 0.1) is 18.1 Å². The normalized spacial score (nSPS) is 10.8. The molecule has 0 fully saturated rings. The molecule has 0 aliphatic carbocycles. The molecule has 2 heterocycles. The molecule has 0 saturated heterocycles. The Balaban J connectivity index is 2.08. The summed E-state index contributed by atoms with van der Waals surface area (Å²) in [7, 11) is 7.25. The average molecular weight is 364 g/mol. The fourth-order valence-corrected chi connectivity index (χ4v) is 2.78. The number of nitrogens with zero attached hydrogens (tertiary/aromatic N) is 4. The first-order valence-corrected chi connectivity index (χ1v) is 8.94. The summed E-state index contributed by atoms with van der Waals surface area (Å²) in [6.45, 7) is 2.99. The molecule has 0 radical (unpaired) electrons. The molecule has 7 nitrogen and oxygen atoms in total. The highest BCUT2D eigenvalue weighted by atomic mass is 32.2. The van der Waals surface area contributed by atoms with Crippen LogP contribution < -0.4 is 4.90 Å². The van der Waals surface area contributed by atoms with Crippen molar-refractivity contribution in [3.8, 4) is 0 Å². The second-order valence-corrected chi connectivity index (χ2v) is 6.64. The van der Waals surface area contributed by atoms with Crippen molar-refractivity contribution in [2.75, 3.05) is 39.7 Å². The minimum absolute atomic E-state index is 0.119. The highest BCUT2D eigenvalue weighted by Gasteiger charge is 2.15. The Bertz CT molecular complexity index is 718. The van der Waals surface area contributed by atoms with Crippen molar-refractivity contribution < 1.29 is 13.9 Å². The Hall–Kier alpha value is -2.06. The van der Waals surface area contributed by atoms with Crippen LogP contribution in [0, 0.1) is 0 Å². The number of thioether (sulfide) groups is 1.